The van der Waals surface area contributed by atoms with Gasteiger partial charge in [0, 0.05) is 6.54 Å². The lowest BCUT2D eigenvalue weighted by Gasteiger charge is -2.58. The van der Waals surface area contributed by atoms with Gasteiger partial charge in [-0.15, -0.1) is 0 Å². The number of aromatic nitrogens is 2. The van der Waals surface area contributed by atoms with Crippen molar-refractivity contribution >= 4 is 0 Å². The van der Waals surface area contributed by atoms with Crippen molar-refractivity contribution < 1.29 is 4.52 Å². The molecule has 18 heavy (non-hydrogen) atoms. The zero-order chi connectivity index (χ0) is 12.2. The van der Waals surface area contributed by atoms with Crippen LogP contribution < -0.4 is 5.73 Å². The Hall–Kier alpha value is -0.900. The Morgan fingerprint density at radius 1 is 1.22 bits per heavy atom. The van der Waals surface area contributed by atoms with E-state index >= 15 is 0 Å². The highest BCUT2D eigenvalue weighted by Crippen LogP contribution is 2.64. The van der Waals surface area contributed by atoms with Crippen LogP contribution in [0, 0.1) is 23.2 Å². The SMILES string of the molecule is NCC(c1ncno1)C12CC3CC(CC(C3)C1)C2. The number of hydrogen-bond donors (Lipinski definition) is 1. The van der Waals surface area contributed by atoms with Crippen LogP contribution in [0.1, 0.15) is 50.3 Å². The average molecular weight is 247 g/mol. The van der Waals surface area contributed by atoms with Crippen molar-refractivity contribution in [1.29, 1.82) is 0 Å². The molecule has 0 radical (unpaired) electrons. The van der Waals surface area contributed by atoms with Crippen molar-refractivity contribution in [2.75, 3.05) is 6.54 Å². The van der Waals surface area contributed by atoms with E-state index in [1.807, 2.05) is 0 Å². The van der Waals surface area contributed by atoms with Crippen LogP contribution in [0.2, 0.25) is 0 Å². The largest absolute Gasteiger partial charge is 0.339 e. The fourth-order valence-corrected chi connectivity index (χ4v) is 5.55. The average Bonchev–Trinajstić information content (AvgIpc) is 2.81. The first-order valence-corrected chi connectivity index (χ1v) is 7.26. The van der Waals surface area contributed by atoms with Crippen molar-refractivity contribution in [3.8, 4) is 0 Å². The summed E-state index contributed by atoms with van der Waals surface area (Å²) in [5.74, 6) is 3.88. The molecule has 1 heterocycles. The molecule has 4 aliphatic rings. The minimum absolute atomic E-state index is 0.286. The van der Waals surface area contributed by atoms with Gasteiger partial charge in [-0.3, -0.25) is 0 Å². The van der Waals surface area contributed by atoms with Crippen molar-refractivity contribution in [1.82, 2.24) is 10.1 Å². The van der Waals surface area contributed by atoms with Gasteiger partial charge in [0.15, 0.2) is 6.33 Å². The number of hydrogen-bond acceptors (Lipinski definition) is 4. The molecule has 4 nitrogen and oxygen atoms in total. The molecule has 5 rings (SSSR count). The zero-order valence-electron chi connectivity index (χ0n) is 10.7. The van der Waals surface area contributed by atoms with Crippen molar-refractivity contribution in [3.63, 3.8) is 0 Å². The Kier molecular flexibility index (Phi) is 2.31. The second-order valence-electron chi connectivity index (χ2n) is 6.85. The van der Waals surface area contributed by atoms with Gasteiger partial charge in [-0.1, -0.05) is 5.16 Å². The van der Waals surface area contributed by atoms with E-state index < -0.39 is 0 Å². The van der Waals surface area contributed by atoms with Crippen LogP contribution in [0.15, 0.2) is 10.9 Å². The number of nitrogens with two attached hydrogens (primary N) is 1. The lowest BCUT2D eigenvalue weighted by molar-refractivity contribution is -0.0717. The summed E-state index contributed by atoms with van der Waals surface area (Å²) in [5.41, 5.74) is 6.43. The minimum Gasteiger partial charge on any atom is -0.339 e. The molecule has 1 aromatic heterocycles. The Morgan fingerprint density at radius 2 is 1.83 bits per heavy atom. The molecule has 98 valence electrons. The molecule has 0 amide bonds. The summed E-state index contributed by atoms with van der Waals surface area (Å²) >= 11 is 0. The van der Waals surface area contributed by atoms with E-state index in [0.29, 0.717) is 12.0 Å². The van der Waals surface area contributed by atoms with Gasteiger partial charge >= 0.3 is 0 Å². The summed E-state index contributed by atoms with van der Waals surface area (Å²) in [6.07, 6.45) is 9.90. The van der Waals surface area contributed by atoms with E-state index in [9.17, 15) is 0 Å². The monoisotopic (exact) mass is 247 g/mol. The second-order valence-corrected chi connectivity index (χ2v) is 6.85. The third-order valence-corrected chi connectivity index (χ3v) is 5.74. The Labute approximate surface area is 107 Å². The highest BCUT2D eigenvalue weighted by molar-refractivity contribution is 5.11. The molecule has 0 spiro atoms. The molecule has 1 atom stereocenters. The van der Waals surface area contributed by atoms with E-state index in [1.54, 1.807) is 0 Å². The first kappa shape index (κ1) is 11.0. The Balaban J connectivity index is 1.70. The molecule has 1 aromatic rings. The van der Waals surface area contributed by atoms with Crippen LogP contribution in [0.5, 0.6) is 0 Å². The fraction of sp³-hybridized carbons (Fsp3) is 0.857. The van der Waals surface area contributed by atoms with E-state index in [0.717, 1.165) is 23.6 Å². The van der Waals surface area contributed by atoms with Gasteiger partial charge in [-0.2, -0.15) is 4.98 Å². The molecule has 4 saturated carbocycles. The van der Waals surface area contributed by atoms with Gasteiger partial charge in [-0.25, -0.2) is 0 Å². The van der Waals surface area contributed by atoms with Gasteiger partial charge in [0.05, 0.1) is 5.92 Å². The van der Waals surface area contributed by atoms with Crippen LogP contribution in [0.3, 0.4) is 0 Å². The van der Waals surface area contributed by atoms with Crippen LogP contribution in [-0.2, 0) is 0 Å². The molecule has 0 aromatic carbocycles. The maximum atomic E-state index is 6.06. The first-order valence-electron chi connectivity index (χ1n) is 7.26. The van der Waals surface area contributed by atoms with E-state index in [1.165, 1.54) is 44.9 Å². The van der Waals surface area contributed by atoms with Crippen LogP contribution in [-0.4, -0.2) is 16.7 Å². The second kappa shape index (κ2) is 3.80. The molecule has 0 aliphatic heterocycles. The highest BCUT2D eigenvalue weighted by atomic mass is 16.5. The van der Waals surface area contributed by atoms with Gasteiger partial charge < -0.3 is 10.3 Å². The summed E-state index contributed by atoms with van der Waals surface area (Å²) in [6.45, 7) is 0.647. The standard InChI is InChI=1S/C14H21N3O/c15-7-12(13-16-8-17-18-13)14-4-9-1-10(5-14)3-11(2-9)6-14/h8-12H,1-7,15H2. The fourth-order valence-electron chi connectivity index (χ4n) is 5.55. The Bertz CT molecular complexity index is 393. The van der Waals surface area contributed by atoms with Gasteiger partial charge in [0.1, 0.15) is 0 Å². The Morgan fingerprint density at radius 3 is 2.28 bits per heavy atom. The molecular formula is C14H21N3O. The summed E-state index contributed by atoms with van der Waals surface area (Å²) in [7, 11) is 0. The van der Waals surface area contributed by atoms with E-state index in [4.69, 9.17) is 10.3 Å². The predicted molar refractivity (Wildman–Crippen MR) is 66.7 cm³/mol. The van der Waals surface area contributed by atoms with Crippen molar-refractivity contribution in [2.24, 2.45) is 28.9 Å². The van der Waals surface area contributed by atoms with Crippen LogP contribution in [0.25, 0.3) is 0 Å². The maximum absolute atomic E-state index is 6.06. The van der Waals surface area contributed by atoms with Crippen molar-refractivity contribution in [3.05, 3.63) is 12.2 Å². The van der Waals surface area contributed by atoms with E-state index in [-0.39, 0.29) is 5.92 Å². The van der Waals surface area contributed by atoms with Gasteiger partial charge in [-0.05, 0) is 61.7 Å². The molecule has 4 bridgehead atoms. The summed E-state index contributed by atoms with van der Waals surface area (Å²) in [5, 5.41) is 3.78. The predicted octanol–water partition coefficient (Wildman–Crippen LogP) is 2.33. The smallest absolute Gasteiger partial charge is 0.231 e. The lowest BCUT2D eigenvalue weighted by Crippen LogP contribution is -2.50. The molecule has 1 unspecified atom stereocenters. The number of nitrogens with zero attached hydrogens (tertiary/aromatic N) is 2. The van der Waals surface area contributed by atoms with Crippen LogP contribution in [0.4, 0.5) is 0 Å². The van der Waals surface area contributed by atoms with Crippen molar-refractivity contribution in [2.45, 2.75) is 44.4 Å². The minimum atomic E-state index is 0.286. The molecule has 4 heteroatoms. The molecular weight excluding hydrogens is 226 g/mol. The third-order valence-electron chi connectivity index (χ3n) is 5.74. The normalized spacial score (nSPS) is 43.3. The molecule has 2 N–H and O–H groups in total. The van der Waals surface area contributed by atoms with Gasteiger partial charge in [0.2, 0.25) is 5.89 Å². The number of rotatable bonds is 3. The third kappa shape index (κ3) is 1.48. The molecule has 0 saturated heterocycles. The summed E-state index contributed by atoms with van der Waals surface area (Å²) < 4.78 is 5.33. The summed E-state index contributed by atoms with van der Waals surface area (Å²) in [6, 6.07) is 0. The van der Waals surface area contributed by atoms with Crippen LogP contribution >= 0.6 is 0 Å². The highest BCUT2D eigenvalue weighted by Gasteiger charge is 2.55. The topological polar surface area (TPSA) is 64.9 Å². The first-order chi connectivity index (χ1) is 8.79. The lowest BCUT2D eigenvalue weighted by atomic mass is 9.46. The molecule has 4 fully saturated rings. The zero-order valence-corrected chi connectivity index (χ0v) is 10.7. The quantitative estimate of drug-likeness (QED) is 0.890. The van der Waals surface area contributed by atoms with Gasteiger partial charge in [0.25, 0.3) is 0 Å². The summed E-state index contributed by atoms with van der Waals surface area (Å²) in [4.78, 5) is 4.29. The maximum Gasteiger partial charge on any atom is 0.231 e. The molecule has 4 aliphatic carbocycles. The van der Waals surface area contributed by atoms with E-state index in [2.05, 4.69) is 10.1 Å².